The Bertz CT molecular complexity index is 943. The van der Waals surface area contributed by atoms with Crippen LogP contribution >= 0.6 is 0 Å². The Morgan fingerprint density at radius 2 is 1.63 bits per heavy atom. The van der Waals surface area contributed by atoms with Gasteiger partial charge in [0.15, 0.2) is 0 Å². The van der Waals surface area contributed by atoms with Crippen molar-refractivity contribution in [3.63, 3.8) is 0 Å². The molecule has 0 saturated carbocycles. The Hall–Kier alpha value is -3.14. The molecule has 1 atom stereocenters. The summed E-state index contributed by atoms with van der Waals surface area (Å²) >= 11 is 0. The fourth-order valence-electron chi connectivity index (χ4n) is 3.19. The smallest absolute Gasteiger partial charge is 0.222 e. The van der Waals surface area contributed by atoms with Crippen LogP contribution in [0.2, 0.25) is 0 Å². The number of rotatable bonds is 6. The van der Waals surface area contributed by atoms with Crippen LogP contribution < -0.4 is 10.6 Å². The average molecular weight is 360 g/mol. The molecule has 4 heteroatoms. The molecule has 0 aliphatic rings. The minimum Gasteiger partial charge on any atom is -0.352 e. The third kappa shape index (κ3) is 4.94. The number of nitrogens with one attached hydrogen (secondary N) is 2. The van der Waals surface area contributed by atoms with Gasteiger partial charge in [-0.25, -0.2) is 0 Å². The Labute approximate surface area is 159 Å². The van der Waals surface area contributed by atoms with Crippen LogP contribution in [0.3, 0.4) is 0 Å². The first-order valence-electron chi connectivity index (χ1n) is 9.10. The third-order valence-corrected chi connectivity index (χ3v) is 4.60. The summed E-state index contributed by atoms with van der Waals surface area (Å²) < 4.78 is 0. The zero-order chi connectivity index (χ0) is 19.2. The zero-order valence-corrected chi connectivity index (χ0v) is 15.7. The van der Waals surface area contributed by atoms with Gasteiger partial charge in [0.25, 0.3) is 0 Å². The standard InChI is InChI=1S/C23H24N2O2/c1-16-10-12-19(13-11-16)22(25-17(2)26)14-23(27)24-15-20-8-5-7-18-6-3-4-9-21(18)20/h3-13,22H,14-15H2,1-2H3,(H,24,27)(H,25,26). The molecule has 0 aliphatic carbocycles. The first kappa shape index (κ1) is 18.6. The van der Waals surface area contributed by atoms with Crippen LogP contribution in [-0.4, -0.2) is 11.8 Å². The molecule has 0 heterocycles. The van der Waals surface area contributed by atoms with Gasteiger partial charge in [-0.3, -0.25) is 9.59 Å². The SMILES string of the molecule is CC(=O)NC(CC(=O)NCc1cccc2ccccc12)c1ccc(C)cc1. The summed E-state index contributed by atoms with van der Waals surface area (Å²) in [5.74, 6) is -0.246. The highest BCUT2D eigenvalue weighted by Crippen LogP contribution is 2.20. The molecule has 1 unspecified atom stereocenters. The predicted octanol–water partition coefficient (Wildman–Crippen LogP) is 4.03. The van der Waals surface area contributed by atoms with E-state index in [0.717, 1.165) is 27.5 Å². The molecule has 0 fully saturated rings. The van der Waals surface area contributed by atoms with Crippen LogP contribution in [0.15, 0.2) is 66.7 Å². The maximum atomic E-state index is 12.5. The fourth-order valence-corrected chi connectivity index (χ4v) is 3.19. The number of benzene rings is 3. The molecule has 4 nitrogen and oxygen atoms in total. The molecule has 138 valence electrons. The lowest BCUT2D eigenvalue weighted by Crippen LogP contribution is -2.32. The topological polar surface area (TPSA) is 58.2 Å². The van der Waals surface area contributed by atoms with Gasteiger partial charge in [0.1, 0.15) is 0 Å². The van der Waals surface area contributed by atoms with E-state index in [1.165, 1.54) is 6.92 Å². The van der Waals surface area contributed by atoms with E-state index in [1.54, 1.807) is 0 Å². The van der Waals surface area contributed by atoms with Gasteiger partial charge in [-0.2, -0.15) is 0 Å². The van der Waals surface area contributed by atoms with Crippen LogP contribution in [0.4, 0.5) is 0 Å². The second-order valence-electron chi connectivity index (χ2n) is 6.78. The molecular weight excluding hydrogens is 336 g/mol. The third-order valence-electron chi connectivity index (χ3n) is 4.60. The van der Waals surface area contributed by atoms with Crippen molar-refractivity contribution in [2.75, 3.05) is 0 Å². The monoisotopic (exact) mass is 360 g/mol. The van der Waals surface area contributed by atoms with E-state index in [2.05, 4.69) is 28.8 Å². The van der Waals surface area contributed by atoms with Crippen molar-refractivity contribution < 1.29 is 9.59 Å². The van der Waals surface area contributed by atoms with E-state index in [1.807, 2.05) is 55.5 Å². The second kappa shape index (κ2) is 8.49. The van der Waals surface area contributed by atoms with E-state index in [9.17, 15) is 9.59 Å². The summed E-state index contributed by atoms with van der Waals surface area (Å²) in [6, 6.07) is 21.7. The molecule has 0 bridgehead atoms. The summed E-state index contributed by atoms with van der Waals surface area (Å²) in [5.41, 5.74) is 3.14. The lowest BCUT2D eigenvalue weighted by atomic mass is 10.0. The number of hydrogen-bond acceptors (Lipinski definition) is 2. The van der Waals surface area contributed by atoms with Crippen molar-refractivity contribution in [1.82, 2.24) is 10.6 Å². The quantitative estimate of drug-likeness (QED) is 0.697. The van der Waals surface area contributed by atoms with Gasteiger partial charge in [-0.1, -0.05) is 72.3 Å². The summed E-state index contributed by atoms with van der Waals surface area (Å²) in [4.78, 5) is 24.1. The highest BCUT2D eigenvalue weighted by Gasteiger charge is 2.17. The molecule has 27 heavy (non-hydrogen) atoms. The Morgan fingerprint density at radius 3 is 2.37 bits per heavy atom. The molecule has 3 aromatic rings. The lowest BCUT2D eigenvalue weighted by Gasteiger charge is -2.18. The molecule has 0 aromatic heterocycles. The molecule has 0 saturated heterocycles. The van der Waals surface area contributed by atoms with Crippen molar-refractivity contribution in [2.45, 2.75) is 32.9 Å². The maximum absolute atomic E-state index is 12.5. The van der Waals surface area contributed by atoms with E-state index in [4.69, 9.17) is 0 Å². The molecule has 3 rings (SSSR count). The first-order chi connectivity index (χ1) is 13.0. The van der Waals surface area contributed by atoms with Gasteiger partial charge in [-0.05, 0) is 28.8 Å². The summed E-state index contributed by atoms with van der Waals surface area (Å²) in [6.45, 7) is 3.93. The average Bonchev–Trinajstić information content (AvgIpc) is 2.66. The maximum Gasteiger partial charge on any atom is 0.222 e. The number of amides is 2. The van der Waals surface area contributed by atoms with Gasteiger partial charge in [0.05, 0.1) is 12.5 Å². The largest absolute Gasteiger partial charge is 0.352 e. The van der Waals surface area contributed by atoms with Crippen LogP contribution in [0.25, 0.3) is 10.8 Å². The Balaban J connectivity index is 1.68. The fraction of sp³-hybridized carbons (Fsp3) is 0.217. The first-order valence-corrected chi connectivity index (χ1v) is 9.10. The zero-order valence-electron chi connectivity index (χ0n) is 15.7. The lowest BCUT2D eigenvalue weighted by molar-refractivity contribution is -0.122. The van der Waals surface area contributed by atoms with Crippen molar-refractivity contribution >= 4 is 22.6 Å². The molecule has 0 radical (unpaired) electrons. The summed E-state index contributed by atoms with van der Waals surface area (Å²) in [7, 11) is 0. The molecule has 0 aliphatic heterocycles. The van der Waals surface area contributed by atoms with E-state index >= 15 is 0 Å². The molecular formula is C23H24N2O2. The van der Waals surface area contributed by atoms with Gasteiger partial charge in [-0.15, -0.1) is 0 Å². The molecule has 2 N–H and O–H groups in total. The molecule has 0 spiro atoms. The summed E-state index contributed by atoms with van der Waals surface area (Å²) in [6.07, 6.45) is 0.202. The Kier molecular flexibility index (Phi) is 5.87. The summed E-state index contributed by atoms with van der Waals surface area (Å²) in [5, 5.41) is 8.15. The van der Waals surface area contributed by atoms with E-state index < -0.39 is 0 Å². The number of aryl methyl sites for hydroxylation is 1. The van der Waals surface area contributed by atoms with Crippen molar-refractivity contribution in [2.24, 2.45) is 0 Å². The minimum absolute atomic E-state index is 0.0951. The van der Waals surface area contributed by atoms with Crippen LogP contribution in [-0.2, 0) is 16.1 Å². The van der Waals surface area contributed by atoms with Crippen LogP contribution in [0.5, 0.6) is 0 Å². The van der Waals surface area contributed by atoms with Gasteiger partial charge in [0, 0.05) is 13.5 Å². The van der Waals surface area contributed by atoms with Gasteiger partial charge < -0.3 is 10.6 Å². The van der Waals surface area contributed by atoms with Crippen molar-refractivity contribution in [1.29, 1.82) is 0 Å². The van der Waals surface area contributed by atoms with Crippen LogP contribution in [0, 0.1) is 6.92 Å². The second-order valence-corrected chi connectivity index (χ2v) is 6.78. The van der Waals surface area contributed by atoms with E-state index in [0.29, 0.717) is 6.54 Å². The highest BCUT2D eigenvalue weighted by molar-refractivity contribution is 5.86. The number of fused-ring (bicyclic) bond motifs is 1. The van der Waals surface area contributed by atoms with Gasteiger partial charge in [0.2, 0.25) is 11.8 Å². The molecule has 2 amide bonds. The minimum atomic E-state index is -0.337. The van der Waals surface area contributed by atoms with Crippen LogP contribution in [0.1, 0.15) is 36.1 Å². The van der Waals surface area contributed by atoms with E-state index in [-0.39, 0.29) is 24.3 Å². The highest BCUT2D eigenvalue weighted by atomic mass is 16.2. The normalized spacial score (nSPS) is 11.8. The van der Waals surface area contributed by atoms with Crippen molar-refractivity contribution in [3.05, 3.63) is 83.4 Å². The number of carbonyl (C=O) groups excluding carboxylic acids is 2. The predicted molar refractivity (Wildman–Crippen MR) is 108 cm³/mol. The van der Waals surface area contributed by atoms with Gasteiger partial charge >= 0.3 is 0 Å². The Morgan fingerprint density at radius 1 is 0.926 bits per heavy atom. The molecule has 3 aromatic carbocycles. The van der Waals surface area contributed by atoms with Crippen molar-refractivity contribution in [3.8, 4) is 0 Å². The number of hydrogen-bond donors (Lipinski definition) is 2. The number of carbonyl (C=O) groups is 2.